The first kappa shape index (κ1) is 21.0. The number of morpholine rings is 1. The molecule has 2 aliphatic rings. The Morgan fingerprint density at radius 1 is 0.903 bits per heavy atom. The molecule has 0 radical (unpaired) electrons. The van der Waals surface area contributed by atoms with Crippen LogP contribution in [0, 0.1) is 0 Å². The maximum absolute atomic E-state index is 12.8. The molecule has 2 aromatic rings. The third kappa shape index (κ3) is 4.74. The van der Waals surface area contributed by atoms with Crippen LogP contribution in [0.15, 0.2) is 30.3 Å². The summed E-state index contributed by atoms with van der Waals surface area (Å²) in [6.07, 6.45) is 0. The van der Waals surface area contributed by atoms with Gasteiger partial charge in [-0.1, -0.05) is 6.07 Å². The van der Waals surface area contributed by atoms with Gasteiger partial charge in [-0.15, -0.1) is 10.2 Å². The SMILES string of the molecule is COc1cccc(NC(=O)N2CCN(c3ccc(N4CCOCC4)nn3)CC2)c1OC. The number of ether oxygens (including phenoxy) is 3. The Kier molecular flexibility index (Phi) is 6.56. The molecule has 0 atom stereocenters. The molecule has 0 unspecified atom stereocenters. The number of nitrogens with zero attached hydrogens (tertiary/aromatic N) is 5. The van der Waals surface area contributed by atoms with Crippen molar-refractivity contribution in [1.29, 1.82) is 0 Å². The molecule has 2 amide bonds. The maximum Gasteiger partial charge on any atom is 0.322 e. The topological polar surface area (TPSA) is 92.3 Å². The highest BCUT2D eigenvalue weighted by Gasteiger charge is 2.24. The molecular weight excluding hydrogens is 400 g/mol. The predicted octanol–water partition coefficient (Wildman–Crippen LogP) is 1.68. The van der Waals surface area contributed by atoms with Gasteiger partial charge in [-0.3, -0.25) is 0 Å². The molecule has 3 heterocycles. The van der Waals surface area contributed by atoms with Crippen LogP contribution in [0.4, 0.5) is 22.1 Å². The van der Waals surface area contributed by atoms with E-state index in [1.165, 1.54) is 0 Å². The largest absolute Gasteiger partial charge is 0.493 e. The molecule has 2 saturated heterocycles. The average Bonchev–Trinajstić information content (AvgIpc) is 2.84. The van der Waals surface area contributed by atoms with Gasteiger partial charge in [-0.2, -0.15) is 0 Å². The van der Waals surface area contributed by atoms with Crippen LogP contribution in [0.5, 0.6) is 11.5 Å². The number of methoxy groups -OCH3 is 2. The minimum atomic E-state index is -0.167. The van der Waals surface area contributed by atoms with E-state index in [-0.39, 0.29) is 6.03 Å². The van der Waals surface area contributed by atoms with Gasteiger partial charge in [0.2, 0.25) is 0 Å². The van der Waals surface area contributed by atoms with Crippen molar-refractivity contribution in [3.8, 4) is 11.5 Å². The molecule has 31 heavy (non-hydrogen) atoms. The quantitative estimate of drug-likeness (QED) is 0.769. The number of benzene rings is 1. The van der Waals surface area contributed by atoms with Crippen LogP contribution in [0.3, 0.4) is 0 Å². The summed E-state index contributed by atoms with van der Waals surface area (Å²) in [5, 5.41) is 11.7. The van der Waals surface area contributed by atoms with Crippen LogP contribution >= 0.6 is 0 Å². The fourth-order valence-electron chi connectivity index (χ4n) is 3.77. The van der Waals surface area contributed by atoms with Crippen molar-refractivity contribution < 1.29 is 19.0 Å². The number of urea groups is 1. The maximum atomic E-state index is 12.8. The van der Waals surface area contributed by atoms with Crippen molar-refractivity contribution in [2.75, 3.05) is 81.8 Å². The Bertz CT molecular complexity index is 880. The molecule has 0 spiro atoms. The summed E-state index contributed by atoms with van der Waals surface area (Å²) in [7, 11) is 3.12. The van der Waals surface area contributed by atoms with Crippen molar-refractivity contribution in [3.05, 3.63) is 30.3 Å². The summed E-state index contributed by atoms with van der Waals surface area (Å²) in [6.45, 7) is 5.66. The number of nitrogens with one attached hydrogen (secondary N) is 1. The summed E-state index contributed by atoms with van der Waals surface area (Å²) < 4.78 is 16.1. The molecule has 10 heteroatoms. The second-order valence-electron chi connectivity index (χ2n) is 7.29. The number of carbonyl (C=O) groups excluding carboxylic acids is 1. The lowest BCUT2D eigenvalue weighted by Gasteiger charge is -2.35. The summed E-state index contributed by atoms with van der Waals surface area (Å²) in [5.74, 6) is 2.78. The highest BCUT2D eigenvalue weighted by molar-refractivity contribution is 5.91. The van der Waals surface area contributed by atoms with E-state index in [0.29, 0.717) is 43.4 Å². The molecule has 2 fully saturated rings. The Morgan fingerprint density at radius 3 is 2.13 bits per heavy atom. The first-order valence-electron chi connectivity index (χ1n) is 10.4. The monoisotopic (exact) mass is 428 g/mol. The van der Waals surface area contributed by atoms with Gasteiger partial charge >= 0.3 is 6.03 Å². The van der Waals surface area contributed by atoms with Crippen molar-refractivity contribution in [3.63, 3.8) is 0 Å². The minimum absolute atomic E-state index is 0.167. The van der Waals surface area contributed by atoms with Crippen molar-refractivity contribution in [2.45, 2.75) is 0 Å². The molecule has 10 nitrogen and oxygen atoms in total. The molecule has 1 aromatic heterocycles. The van der Waals surface area contributed by atoms with Crippen molar-refractivity contribution >= 4 is 23.4 Å². The number of aromatic nitrogens is 2. The van der Waals surface area contributed by atoms with E-state index in [4.69, 9.17) is 14.2 Å². The van der Waals surface area contributed by atoms with Gasteiger partial charge in [0.05, 0.1) is 33.1 Å². The van der Waals surface area contributed by atoms with Gasteiger partial charge in [-0.25, -0.2) is 4.79 Å². The molecule has 2 aliphatic heterocycles. The number of para-hydroxylation sites is 1. The van der Waals surface area contributed by atoms with Gasteiger partial charge < -0.3 is 34.2 Å². The van der Waals surface area contributed by atoms with Crippen LogP contribution < -0.4 is 24.6 Å². The number of anilines is 3. The number of rotatable bonds is 5. The van der Waals surface area contributed by atoms with E-state index in [9.17, 15) is 4.79 Å². The number of piperazine rings is 1. The van der Waals surface area contributed by atoms with Crippen molar-refractivity contribution in [2.24, 2.45) is 0 Å². The van der Waals surface area contributed by atoms with E-state index >= 15 is 0 Å². The lowest BCUT2D eigenvalue weighted by molar-refractivity contribution is 0.122. The second-order valence-corrected chi connectivity index (χ2v) is 7.29. The summed E-state index contributed by atoms with van der Waals surface area (Å²) in [5.41, 5.74) is 0.582. The van der Waals surface area contributed by atoms with E-state index in [1.807, 2.05) is 18.2 Å². The standard InChI is InChI=1S/C21H28N6O4/c1-29-17-5-3-4-16(20(17)30-2)22-21(28)27-10-8-25(9-11-27)18-6-7-19(24-23-18)26-12-14-31-15-13-26/h3-7H,8-15H2,1-2H3,(H,22,28). The highest BCUT2D eigenvalue weighted by atomic mass is 16.5. The van der Waals surface area contributed by atoms with Gasteiger partial charge in [0.25, 0.3) is 0 Å². The summed E-state index contributed by atoms with van der Waals surface area (Å²) in [4.78, 5) is 18.9. The Balaban J connectivity index is 1.33. The third-order valence-electron chi connectivity index (χ3n) is 5.51. The van der Waals surface area contributed by atoms with E-state index in [2.05, 4.69) is 25.3 Å². The normalized spacial score (nSPS) is 16.8. The Morgan fingerprint density at radius 2 is 1.55 bits per heavy atom. The van der Waals surface area contributed by atoms with E-state index in [1.54, 1.807) is 31.3 Å². The van der Waals surface area contributed by atoms with Crippen LogP contribution in [0.2, 0.25) is 0 Å². The highest BCUT2D eigenvalue weighted by Crippen LogP contribution is 2.34. The van der Waals surface area contributed by atoms with Crippen molar-refractivity contribution in [1.82, 2.24) is 15.1 Å². The summed E-state index contributed by atoms with van der Waals surface area (Å²) in [6, 6.07) is 9.23. The fourth-order valence-corrected chi connectivity index (χ4v) is 3.77. The first-order chi connectivity index (χ1) is 15.2. The molecule has 1 aromatic carbocycles. The molecule has 0 bridgehead atoms. The van der Waals surface area contributed by atoms with Gasteiger partial charge in [0, 0.05) is 39.3 Å². The smallest absolute Gasteiger partial charge is 0.322 e. The number of amides is 2. The molecule has 4 rings (SSSR count). The zero-order valence-electron chi connectivity index (χ0n) is 17.9. The van der Waals surface area contributed by atoms with Crippen LogP contribution in [-0.4, -0.2) is 87.8 Å². The van der Waals surface area contributed by atoms with Crippen LogP contribution in [0.1, 0.15) is 0 Å². The first-order valence-corrected chi connectivity index (χ1v) is 10.4. The molecule has 166 valence electrons. The summed E-state index contributed by atoms with van der Waals surface area (Å²) >= 11 is 0. The molecule has 0 saturated carbocycles. The van der Waals surface area contributed by atoms with Crippen LogP contribution in [-0.2, 0) is 4.74 Å². The zero-order valence-corrected chi connectivity index (χ0v) is 17.9. The average molecular weight is 428 g/mol. The Hall–Kier alpha value is -3.27. The second kappa shape index (κ2) is 9.69. The minimum Gasteiger partial charge on any atom is -0.493 e. The molecule has 1 N–H and O–H groups in total. The van der Waals surface area contributed by atoms with E-state index < -0.39 is 0 Å². The van der Waals surface area contributed by atoms with Gasteiger partial charge in [-0.05, 0) is 24.3 Å². The predicted molar refractivity (Wildman–Crippen MR) is 117 cm³/mol. The van der Waals surface area contributed by atoms with Gasteiger partial charge in [0.1, 0.15) is 0 Å². The molecular formula is C21H28N6O4. The van der Waals surface area contributed by atoms with E-state index in [0.717, 1.165) is 37.9 Å². The number of hydrogen-bond acceptors (Lipinski definition) is 8. The number of hydrogen-bond donors (Lipinski definition) is 1. The lowest BCUT2D eigenvalue weighted by atomic mass is 10.2. The lowest BCUT2D eigenvalue weighted by Crippen LogP contribution is -2.50. The third-order valence-corrected chi connectivity index (χ3v) is 5.51. The fraction of sp³-hybridized carbons (Fsp3) is 0.476. The molecule has 0 aliphatic carbocycles. The van der Waals surface area contributed by atoms with Crippen LogP contribution in [0.25, 0.3) is 0 Å². The Labute approximate surface area is 181 Å². The zero-order chi connectivity index (χ0) is 21.6. The number of carbonyl (C=O) groups is 1. The van der Waals surface area contributed by atoms with Gasteiger partial charge in [0.15, 0.2) is 23.1 Å².